The summed E-state index contributed by atoms with van der Waals surface area (Å²) in [5.74, 6) is -0.0984. The number of hydrogen-bond acceptors (Lipinski definition) is 3. The molecule has 3 N–H and O–H groups in total. The van der Waals surface area contributed by atoms with E-state index in [1.54, 1.807) is 0 Å². The predicted octanol–water partition coefficient (Wildman–Crippen LogP) is 2.64. The summed E-state index contributed by atoms with van der Waals surface area (Å²) in [7, 11) is 0. The number of benzene rings is 1. The van der Waals surface area contributed by atoms with Gasteiger partial charge in [-0.3, -0.25) is 4.79 Å². The highest BCUT2D eigenvalue weighted by molar-refractivity contribution is 5.91. The smallest absolute Gasteiger partial charge is 0.250 e. The van der Waals surface area contributed by atoms with Crippen LogP contribution in [0.2, 0.25) is 0 Å². The number of rotatable bonds is 4. The van der Waals surface area contributed by atoms with Gasteiger partial charge in [-0.1, -0.05) is 17.7 Å². The maximum atomic E-state index is 11.7. The second kappa shape index (κ2) is 8.25. The number of carbonyl (C=O) groups excluding carboxylic acids is 1. The van der Waals surface area contributed by atoms with Gasteiger partial charge in [0, 0.05) is 11.7 Å². The standard InChI is InChI=1S/C15H22N2O2.ClH/c1-11-2-6-13(7-3-11)17-15(18)10-19-14-8-4-12(16)5-9-14;/h2-3,6-7,12,14H,4-5,8-10,16H2,1H3,(H,17,18);1H. The molecule has 1 aromatic carbocycles. The molecule has 1 amide bonds. The lowest BCUT2D eigenvalue weighted by Gasteiger charge is -2.25. The highest BCUT2D eigenvalue weighted by Crippen LogP contribution is 2.19. The zero-order valence-corrected chi connectivity index (χ0v) is 12.6. The maximum Gasteiger partial charge on any atom is 0.250 e. The Balaban J connectivity index is 0.00000200. The summed E-state index contributed by atoms with van der Waals surface area (Å²) in [6.45, 7) is 2.14. The highest BCUT2D eigenvalue weighted by atomic mass is 35.5. The van der Waals surface area contributed by atoms with Gasteiger partial charge in [0.05, 0.1) is 6.10 Å². The predicted molar refractivity (Wildman–Crippen MR) is 83.2 cm³/mol. The number of carbonyl (C=O) groups is 1. The number of hydrogen-bond donors (Lipinski definition) is 2. The first kappa shape index (κ1) is 17.0. The molecule has 1 aliphatic carbocycles. The molecule has 20 heavy (non-hydrogen) atoms. The molecule has 0 saturated heterocycles. The minimum atomic E-state index is -0.0984. The molecule has 0 aromatic heterocycles. The van der Waals surface area contributed by atoms with Gasteiger partial charge in [0.1, 0.15) is 6.61 Å². The summed E-state index contributed by atoms with van der Waals surface area (Å²) < 4.78 is 5.62. The molecule has 1 aromatic rings. The van der Waals surface area contributed by atoms with Crippen molar-refractivity contribution in [2.24, 2.45) is 5.73 Å². The van der Waals surface area contributed by atoms with Gasteiger partial charge in [-0.15, -0.1) is 12.4 Å². The van der Waals surface area contributed by atoms with Crippen molar-refractivity contribution in [1.29, 1.82) is 0 Å². The van der Waals surface area contributed by atoms with Crippen molar-refractivity contribution in [3.05, 3.63) is 29.8 Å². The van der Waals surface area contributed by atoms with E-state index >= 15 is 0 Å². The minimum Gasteiger partial charge on any atom is -0.368 e. The van der Waals surface area contributed by atoms with Crippen LogP contribution in [0.5, 0.6) is 0 Å². The SMILES string of the molecule is Cc1ccc(NC(=O)COC2CCC(N)CC2)cc1.Cl. The van der Waals surface area contributed by atoms with Gasteiger partial charge in [0.25, 0.3) is 0 Å². The van der Waals surface area contributed by atoms with Crippen LogP contribution in [-0.2, 0) is 9.53 Å². The monoisotopic (exact) mass is 298 g/mol. The number of aryl methyl sites for hydroxylation is 1. The Hall–Kier alpha value is -1.10. The molecule has 4 nitrogen and oxygen atoms in total. The lowest BCUT2D eigenvalue weighted by Crippen LogP contribution is -2.32. The Morgan fingerprint density at radius 3 is 2.45 bits per heavy atom. The van der Waals surface area contributed by atoms with E-state index in [9.17, 15) is 4.79 Å². The average molecular weight is 299 g/mol. The molecule has 1 fully saturated rings. The van der Waals surface area contributed by atoms with Crippen molar-refractivity contribution in [1.82, 2.24) is 0 Å². The highest BCUT2D eigenvalue weighted by Gasteiger charge is 2.19. The quantitative estimate of drug-likeness (QED) is 0.898. The van der Waals surface area contributed by atoms with Crippen LogP contribution < -0.4 is 11.1 Å². The summed E-state index contributed by atoms with van der Waals surface area (Å²) in [6, 6.07) is 8.04. The number of ether oxygens (including phenoxy) is 1. The molecule has 0 unspecified atom stereocenters. The van der Waals surface area contributed by atoms with E-state index in [4.69, 9.17) is 10.5 Å². The van der Waals surface area contributed by atoms with Gasteiger partial charge < -0.3 is 15.8 Å². The fourth-order valence-corrected chi connectivity index (χ4v) is 2.28. The van der Waals surface area contributed by atoms with Gasteiger partial charge in [-0.05, 0) is 44.7 Å². The summed E-state index contributed by atoms with van der Waals surface area (Å²) in [5, 5.41) is 2.83. The van der Waals surface area contributed by atoms with E-state index in [1.807, 2.05) is 31.2 Å². The molecular formula is C15H23ClN2O2. The Kier molecular flexibility index (Phi) is 6.99. The molecule has 0 heterocycles. The molecule has 0 spiro atoms. The van der Waals surface area contributed by atoms with Crippen molar-refractivity contribution in [2.75, 3.05) is 11.9 Å². The van der Waals surface area contributed by atoms with Crippen LogP contribution in [0.1, 0.15) is 31.2 Å². The lowest BCUT2D eigenvalue weighted by atomic mass is 9.94. The van der Waals surface area contributed by atoms with Crippen LogP contribution in [0.15, 0.2) is 24.3 Å². The minimum absolute atomic E-state index is 0. The van der Waals surface area contributed by atoms with Crippen molar-refractivity contribution in [2.45, 2.75) is 44.8 Å². The van der Waals surface area contributed by atoms with Crippen LogP contribution >= 0.6 is 12.4 Å². The molecule has 1 saturated carbocycles. The molecule has 112 valence electrons. The van der Waals surface area contributed by atoms with Gasteiger partial charge in [0.2, 0.25) is 5.91 Å². The molecule has 0 atom stereocenters. The zero-order chi connectivity index (χ0) is 13.7. The molecule has 0 bridgehead atoms. The second-order valence-electron chi connectivity index (χ2n) is 5.26. The Morgan fingerprint density at radius 2 is 1.85 bits per heavy atom. The fraction of sp³-hybridized carbons (Fsp3) is 0.533. The van der Waals surface area contributed by atoms with Crippen LogP contribution in [0, 0.1) is 6.92 Å². The van der Waals surface area contributed by atoms with E-state index < -0.39 is 0 Å². The van der Waals surface area contributed by atoms with Crippen LogP contribution in [0.4, 0.5) is 5.69 Å². The molecule has 0 radical (unpaired) electrons. The maximum absolute atomic E-state index is 11.7. The van der Waals surface area contributed by atoms with Crippen LogP contribution in [0.3, 0.4) is 0 Å². The van der Waals surface area contributed by atoms with Gasteiger partial charge in [-0.25, -0.2) is 0 Å². The molecular weight excluding hydrogens is 276 g/mol. The van der Waals surface area contributed by atoms with Crippen molar-refractivity contribution in [3.8, 4) is 0 Å². The average Bonchev–Trinajstić information content (AvgIpc) is 2.41. The number of amides is 1. The van der Waals surface area contributed by atoms with E-state index in [0.29, 0.717) is 6.04 Å². The number of nitrogens with one attached hydrogen (secondary N) is 1. The largest absolute Gasteiger partial charge is 0.368 e. The van der Waals surface area contributed by atoms with Crippen LogP contribution in [-0.4, -0.2) is 24.7 Å². The Labute approximate surface area is 126 Å². The first-order valence-electron chi connectivity index (χ1n) is 6.87. The Bertz CT molecular complexity index is 414. The first-order valence-corrected chi connectivity index (χ1v) is 6.87. The summed E-state index contributed by atoms with van der Waals surface area (Å²) in [5.41, 5.74) is 7.82. The van der Waals surface area contributed by atoms with Crippen molar-refractivity contribution in [3.63, 3.8) is 0 Å². The molecule has 5 heteroatoms. The summed E-state index contributed by atoms with van der Waals surface area (Å²) in [6.07, 6.45) is 4.08. The lowest BCUT2D eigenvalue weighted by molar-refractivity contribution is -0.123. The normalized spacial score (nSPS) is 21.9. The third kappa shape index (κ3) is 5.49. The Morgan fingerprint density at radius 1 is 1.25 bits per heavy atom. The fourth-order valence-electron chi connectivity index (χ4n) is 2.28. The second-order valence-corrected chi connectivity index (χ2v) is 5.26. The third-order valence-corrected chi connectivity index (χ3v) is 3.50. The number of nitrogens with two attached hydrogens (primary N) is 1. The number of halogens is 1. The first-order chi connectivity index (χ1) is 9.13. The van der Waals surface area contributed by atoms with Crippen molar-refractivity contribution < 1.29 is 9.53 Å². The van der Waals surface area contributed by atoms with E-state index in [2.05, 4.69) is 5.32 Å². The molecule has 1 aliphatic rings. The number of anilines is 1. The third-order valence-electron chi connectivity index (χ3n) is 3.50. The van der Waals surface area contributed by atoms with E-state index in [-0.39, 0.29) is 31.0 Å². The zero-order valence-electron chi connectivity index (χ0n) is 11.8. The van der Waals surface area contributed by atoms with Gasteiger partial charge in [-0.2, -0.15) is 0 Å². The molecule has 2 rings (SSSR count). The summed E-state index contributed by atoms with van der Waals surface area (Å²) in [4.78, 5) is 11.7. The van der Waals surface area contributed by atoms with Gasteiger partial charge >= 0.3 is 0 Å². The topological polar surface area (TPSA) is 64.3 Å². The summed E-state index contributed by atoms with van der Waals surface area (Å²) >= 11 is 0. The van der Waals surface area contributed by atoms with E-state index in [0.717, 1.165) is 31.4 Å². The van der Waals surface area contributed by atoms with Crippen LogP contribution in [0.25, 0.3) is 0 Å². The van der Waals surface area contributed by atoms with Crippen molar-refractivity contribution >= 4 is 24.0 Å². The molecule has 0 aliphatic heterocycles. The van der Waals surface area contributed by atoms with E-state index in [1.165, 1.54) is 5.56 Å². The van der Waals surface area contributed by atoms with Gasteiger partial charge in [0.15, 0.2) is 0 Å².